The Balaban J connectivity index is 1.90. The Hall–Kier alpha value is -1.18. The van der Waals surface area contributed by atoms with Crippen molar-refractivity contribution in [2.75, 3.05) is 13.7 Å². The van der Waals surface area contributed by atoms with E-state index < -0.39 is 0 Å². The van der Waals surface area contributed by atoms with E-state index >= 15 is 0 Å². The highest BCUT2D eigenvalue weighted by atomic mass is 16.5. The lowest BCUT2D eigenvalue weighted by Gasteiger charge is -2.09. The van der Waals surface area contributed by atoms with Crippen molar-refractivity contribution in [2.45, 2.75) is 84.0 Å². The highest BCUT2D eigenvalue weighted by Crippen LogP contribution is 2.24. The van der Waals surface area contributed by atoms with Gasteiger partial charge in [0.1, 0.15) is 11.5 Å². The first-order valence-electron chi connectivity index (χ1n) is 9.90. The summed E-state index contributed by atoms with van der Waals surface area (Å²) in [5, 5.41) is 0. The van der Waals surface area contributed by atoms with Crippen molar-refractivity contribution in [3.8, 4) is 11.5 Å². The predicted molar refractivity (Wildman–Crippen MR) is 104 cm³/mol. The Morgan fingerprint density at radius 1 is 0.792 bits per heavy atom. The summed E-state index contributed by atoms with van der Waals surface area (Å²) in [5.74, 6) is 1.67. The van der Waals surface area contributed by atoms with Gasteiger partial charge < -0.3 is 9.47 Å². The molecule has 0 aromatic heterocycles. The van der Waals surface area contributed by atoms with Gasteiger partial charge in [0.25, 0.3) is 0 Å². The van der Waals surface area contributed by atoms with Gasteiger partial charge in [0.2, 0.25) is 0 Å². The quantitative estimate of drug-likeness (QED) is 0.323. The summed E-state index contributed by atoms with van der Waals surface area (Å²) in [4.78, 5) is 0. The number of unbranched alkanes of at least 4 members (excludes halogenated alkanes) is 11. The minimum absolute atomic E-state index is 0.789. The summed E-state index contributed by atoms with van der Waals surface area (Å²) in [6.45, 7) is 6.99. The smallest absolute Gasteiger partial charge is 0.125 e. The molecule has 0 amide bonds. The van der Waals surface area contributed by atoms with E-state index in [0.717, 1.165) is 30.1 Å². The number of rotatable bonds is 15. The minimum Gasteiger partial charge on any atom is -0.496 e. The van der Waals surface area contributed by atoms with Crippen LogP contribution in [-0.4, -0.2) is 13.7 Å². The van der Waals surface area contributed by atoms with E-state index in [0.29, 0.717) is 0 Å². The number of benzene rings is 1. The first-order chi connectivity index (χ1) is 11.8. The summed E-state index contributed by atoms with van der Waals surface area (Å²) in [5.41, 5.74) is 0.898. The second-order valence-electron chi connectivity index (χ2n) is 6.71. The molecule has 0 saturated heterocycles. The Morgan fingerprint density at radius 2 is 1.33 bits per heavy atom. The van der Waals surface area contributed by atoms with Gasteiger partial charge >= 0.3 is 0 Å². The Labute approximate surface area is 149 Å². The zero-order valence-electron chi connectivity index (χ0n) is 15.9. The van der Waals surface area contributed by atoms with Gasteiger partial charge in [-0.3, -0.25) is 0 Å². The first-order valence-corrected chi connectivity index (χ1v) is 9.90. The third-order valence-corrected chi connectivity index (χ3v) is 4.53. The summed E-state index contributed by atoms with van der Waals surface area (Å²) in [6.07, 6.45) is 16.4. The predicted octanol–water partition coefficient (Wildman–Crippen LogP) is 6.96. The lowest BCUT2D eigenvalue weighted by atomic mass is 10.1. The van der Waals surface area contributed by atoms with Gasteiger partial charge in [-0.05, 0) is 25.0 Å². The number of ether oxygens (including phenoxy) is 2. The standard InChI is InChI=1S/C22H37O2/c1-4-5-6-7-8-9-10-11-12-13-14-15-18-24-21-17-16-20(2)22(19-21)23-3/h16-17,19H,2,4-15,18H2,1,3H3. The molecule has 137 valence electrons. The van der Waals surface area contributed by atoms with Crippen molar-refractivity contribution in [1.82, 2.24) is 0 Å². The monoisotopic (exact) mass is 333 g/mol. The zero-order valence-corrected chi connectivity index (χ0v) is 15.9. The molecule has 2 nitrogen and oxygen atoms in total. The van der Waals surface area contributed by atoms with E-state index in [-0.39, 0.29) is 0 Å². The van der Waals surface area contributed by atoms with Gasteiger partial charge in [0.05, 0.1) is 13.7 Å². The molecule has 0 aliphatic heterocycles. The van der Waals surface area contributed by atoms with Gasteiger partial charge in [0, 0.05) is 6.07 Å². The summed E-state index contributed by atoms with van der Waals surface area (Å²) >= 11 is 0. The maximum absolute atomic E-state index is 5.79. The number of hydrogen-bond donors (Lipinski definition) is 0. The Morgan fingerprint density at radius 3 is 1.88 bits per heavy atom. The molecule has 24 heavy (non-hydrogen) atoms. The maximum atomic E-state index is 5.79. The highest BCUT2D eigenvalue weighted by Gasteiger charge is 2.01. The van der Waals surface area contributed by atoms with Crippen LogP contribution in [0.1, 0.15) is 89.5 Å². The van der Waals surface area contributed by atoms with E-state index in [2.05, 4.69) is 13.8 Å². The molecule has 1 aromatic rings. The Bertz CT molecular complexity index is 414. The van der Waals surface area contributed by atoms with Crippen LogP contribution in [0.5, 0.6) is 11.5 Å². The van der Waals surface area contributed by atoms with Gasteiger partial charge in [-0.25, -0.2) is 0 Å². The van der Waals surface area contributed by atoms with Crippen LogP contribution >= 0.6 is 0 Å². The maximum Gasteiger partial charge on any atom is 0.125 e. The van der Waals surface area contributed by atoms with E-state index in [4.69, 9.17) is 9.47 Å². The van der Waals surface area contributed by atoms with Crippen LogP contribution in [0.2, 0.25) is 0 Å². The normalized spacial score (nSPS) is 10.8. The van der Waals surface area contributed by atoms with Crippen LogP contribution in [0.25, 0.3) is 0 Å². The summed E-state index contributed by atoms with van der Waals surface area (Å²) in [6, 6.07) is 5.82. The zero-order chi connectivity index (χ0) is 17.5. The molecule has 0 aliphatic carbocycles. The molecule has 2 heteroatoms. The molecule has 0 heterocycles. The molecule has 0 N–H and O–H groups in total. The first kappa shape index (κ1) is 20.9. The van der Waals surface area contributed by atoms with Crippen LogP contribution in [0.15, 0.2) is 18.2 Å². The van der Waals surface area contributed by atoms with E-state index in [1.165, 1.54) is 70.6 Å². The van der Waals surface area contributed by atoms with Crippen LogP contribution in [0.3, 0.4) is 0 Å². The molecule has 1 radical (unpaired) electrons. The molecular weight excluding hydrogens is 296 g/mol. The van der Waals surface area contributed by atoms with E-state index in [1.807, 2.05) is 18.2 Å². The molecule has 0 aliphatic rings. The lowest BCUT2D eigenvalue weighted by Crippen LogP contribution is -1.98. The molecule has 0 bridgehead atoms. The second-order valence-corrected chi connectivity index (χ2v) is 6.71. The molecule has 1 rings (SSSR count). The van der Waals surface area contributed by atoms with Crippen molar-refractivity contribution in [3.05, 3.63) is 30.7 Å². The molecular formula is C22H37O2. The highest BCUT2D eigenvalue weighted by molar-refractivity contribution is 5.42. The van der Waals surface area contributed by atoms with Gasteiger partial charge in [-0.1, -0.05) is 83.6 Å². The van der Waals surface area contributed by atoms with Gasteiger partial charge in [-0.2, -0.15) is 0 Å². The van der Waals surface area contributed by atoms with Gasteiger partial charge in [-0.15, -0.1) is 0 Å². The minimum atomic E-state index is 0.789. The third kappa shape index (κ3) is 9.85. The summed E-state index contributed by atoms with van der Waals surface area (Å²) < 4.78 is 11.0. The van der Waals surface area contributed by atoms with Crippen molar-refractivity contribution >= 4 is 0 Å². The fraction of sp³-hybridized carbons (Fsp3) is 0.682. The third-order valence-electron chi connectivity index (χ3n) is 4.53. The molecule has 0 spiro atoms. The molecule has 0 unspecified atom stereocenters. The second kappa shape index (κ2) is 14.2. The fourth-order valence-corrected chi connectivity index (χ4v) is 2.95. The van der Waals surface area contributed by atoms with Crippen molar-refractivity contribution < 1.29 is 9.47 Å². The SMILES string of the molecule is [CH2]c1ccc(OCCCCCCCCCCCCCC)cc1OC. The van der Waals surface area contributed by atoms with Crippen molar-refractivity contribution in [2.24, 2.45) is 0 Å². The average Bonchev–Trinajstić information content (AvgIpc) is 2.60. The largest absolute Gasteiger partial charge is 0.496 e. The molecule has 0 saturated carbocycles. The van der Waals surface area contributed by atoms with Crippen molar-refractivity contribution in [3.63, 3.8) is 0 Å². The fourth-order valence-electron chi connectivity index (χ4n) is 2.95. The van der Waals surface area contributed by atoms with Crippen LogP contribution in [-0.2, 0) is 0 Å². The van der Waals surface area contributed by atoms with Crippen LogP contribution in [0.4, 0.5) is 0 Å². The van der Waals surface area contributed by atoms with Crippen LogP contribution < -0.4 is 9.47 Å². The average molecular weight is 334 g/mol. The topological polar surface area (TPSA) is 18.5 Å². The molecule has 1 aromatic carbocycles. The van der Waals surface area contributed by atoms with Gasteiger partial charge in [0.15, 0.2) is 0 Å². The number of methoxy groups -OCH3 is 1. The van der Waals surface area contributed by atoms with E-state index in [1.54, 1.807) is 7.11 Å². The van der Waals surface area contributed by atoms with Crippen LogP contribution in [0, 0.1) is 6.92 Å². The summed E-state index contributed by atoms with van der Waals surface area (Å²) in [7, 11) is 1.67. The Kier molecular flexibility index (Phi) is 12.3. The number of hydrogen-bond acceptors (Lipinski definition) is 2. The molecule has 0 fully saturated rings. The van der Waals surface area contributed by atoms with Crippen molar-refractivity contribution in [1.29, 1.82) is 0 Å². The van der Waals surface area contributed by atoms with E-state index in [9.17, 15) is 0 Å². The molecule has 0 atom stereocenters. The lowest BCUT2D eigenvalue weighted by molar-refractivity contribution is 0.302.